The SMILES string of the molecule is COc1cccc(N2CCN(C(=O)C3CC(c4cccnc4)NN3)CC2)c1. The van der Waals surface area contributed by atoms with E-state index < -0.39 is 0 Å². The number of amides is 1. The van der Waals surface area contributed by atoms with Crippen molar-refractivity contribution in [2.45, 2.75) is 18.5 Å². The van der Waals surface area contributed by atoms with Gasteiger partial charge in [0.1, 0.15) is 11.8 Å². The van der Waals surface area contributed by atoms with Gasteiger partial charge in [-0.1, -0.05) is 12.1 Å². The molecule has 2 aromatic rings. The second-order valence-electron chi connectivity index (χ2n) is 6.93. The smallest absolute Gasteiger partial charge is 0.241 e. The molecule has 0 saturated carbocycles. The van der Waals surface area contributed by atoms with Crippen LogP contribution in [0.15, 0.2) is 48.8 Å². The Bertz CT molecular complexity index is 777. The van der Waals surface area contributed by atoms with Crippen molar-refractivity contribution < 1.29 is 9.53 Å². The fraction of sp³-hybridized carbons (Fsp3) is 0.400. The van der Waals surface area contributed by atoms with E-state index in [0.29, 0.717) is 0 Å². The van der Waals surface area contributed by atoms with Gasteiger partial charge in [-0.05, 0) is 30.2 Å². The number of benzene rings is 1. The second kappa shape index (κ2) is 7.94. The molecule has 7 nitrogen and oxygen atoms in total. The number of anilines is 1. The summed E-state index contributed by atoms with van der Waals surface area (Å²) in [5.74, 6) is 1.02. The molecule has 2 atom stereocenters. The standard InChI is InChI=1S/C20H25N5O2/c1-27-17-6-2-5-16(12-17)24-8-10-25(11-9-24)20(26)19-13-18(22-23-19)15-4-3-7-21-14-15/h2-7,12,14,18-19,22-23H,8-11,13H2,1H3. The predicted octanol–water partition coefficient (Wildman–Crippen LogP) is 1.35. The quantitative estimate of drug-likeness (QED) is 0.850. The van der Waals surface area contributed by atoms with E-state index in [0.717, 1.165) is 49.6 Å². The molecule has 0 radical (unpaired) electrons. The molecule has 0 aliphatic carbocycles. The van der Waals surface area contributed by atoms with Crippen LogP contribution in [0.4, 0.5) is 5.69 Å². The highest BCUT2D eigenvalue weighted by atomic mass is 16.5. The monoisotopic (exact) mass is 367 g/mol. The number of piperazine rings is 1. The Labute approximate surface area is 159 Å². The third-order valence-corrected chi connectivity index (χ3v) is 5.30. The van der Waals surface area contributed by atoms with Crippen molar-refractivity contribution in [1.82, 2.24) is 20.7 Å². The summed E-state index contributed by atoms with van der Waals surface area (Å²) in [6, 6.07) is 11.9. The predicted molar refractivity (Wildman–Crippen MR) is 103 cm³/mol. The number of carbonyl (C=O) groups excluding carboxylic acids is 1. The summed E-state index contributed by atoms with van der Waals surface area (Å²) in [5.41, 5.74) is 8.63. The molecular weight excluding hydrogens is 342 g/mol. The van der Waals surface area contributed by atoms with Crippen LogP contribution >= 0.6 is 0 Å². The van der Waals surface area contributed by atoms with Gasteiger partial charge >= 0.3 is 0 Å². The largest absolute Gasteiger partial charge is 0.497 e. The Morgan fingerprint density at radius 3 is 2.74 bits per heavy atom. The summed E-state index contributed by atoms with van der Waals surface area (Å²) in [7, 11) is 1.68. The van der Waals surface area contributed by atoms with Gasteiger partial charge in [0, 0.05) is 56.4 Å². The van der Waals surface area contributed by atoms with Crippen LogP contribution in [0.3, 0.4) is 0 Å². The van der Waals surface area contributed by atoms with Crippen LogP contribution in [-0.4, -0.2) is 55.1 Å². The van der Waals surface area contributed by atoms with Gasteiger partial charge in [-0.3, -0.25) is 9.78 Å². The van der Waals surface area contributed by atoms with Crippen molar-refractivity contribution in [2.75, 3.05) is 38.2 Å². The zero-order valence-electron chi connectivity index (χ0n) is 15.5. The molecule has 3 heterocycles. The lowest BCUT2D eigenvalue weighted by Crippen LogP contribution is -2.53. The Balaban J connectivity index is 1.32. The van der Waals surface area contributed by atoms with Crippen LogP contribution in [0.5, 0.6) is 5.75 Å². The van der Waals surface area contributed by atoms with E-state index in [1.165, 1.54) is 0 Å². The molecule has 4 rings (SSSR count). The van der Waals surface area contributed by atoms with Gasteiger partial charge in [0.05, 0.1) is 7.11 Å². The summed E-state index contributed by atoms with van der Waals surface area (Å²) >= 11 is 0. The van der Waals surface area contributed by atoms with Crippen molar-refractivity contribution in [3.8, 4) is 5.75 Å². The molecular formula is C20H25N5O2. The highest BCUT2D eigenvalue weighted by Crippen LogP contribution is 2.24. The highest BCUT2D eigenvalue weighted by Gasteiger charge is 2.34. The molecule has 142 valence electrons. The Morgan fingerprint density at radius 1 is 1.15 bits per heavy atom. The Kier molecular flexibility index (Phi) is 5.22. The maximum absolute atomic E-state index is 12.9. The number of hydrazine groups is 1. The Morgan fingerprint density at radius 2 is 2.00 bits per heavy atom. The number of methoxy groups -OCH3 is 1. The van der Waals surface area contributed by atoms with Gasteiger partial charge in [-0.15, -0.1) is 0 Å². The molecule has 1 aromatic carbocycles. The molecule has 7 heteroatoms. The molecule has 0 bridgehead atoms. The molecule has 2 unspecified atom stereocenters. The molecule has 27 heavy (non-hydrogen) atoms. The minimum Gasteiger partial charge on any atom is -0.497 e. The number of hydrogen-bond donors (Lipinski definition) is 2. The number of rotatable bonds is 4. The molecule has 2 aliphatic heterocycles. The minimum absolute atomic E-state index is 0.116. The van der Waals surface area contributed by atoms with E-state index in [9.17, 15) is 4.79 Å². The maximum atomic E-state index is 12.9. The zero-order chi connectivity index (χ0) is 18.6. The number of carbonyl (C=O) groups is 1. The summed E-state index contributed by atoms with van der Waals surface area (Å²) < 4.78 is 5.31. The first-order valence-electron chi connectivity index (χ1n) is 9.33. The molecule has 2 fully saturated rings. The highest BCUT2D eigenvalue weighted by molar-refractivity contribution is 5.82. The molecule has 1 aromatic heterocycles. The van der Waals surface area contributed by atoms with E-state index in [1.807, 2.05) is 41.4 Å². The lowest BCUT2D eigenvalue weighted by atomic mass is 10.0. The normalized spacial score (nSPS) is 22.7. The van der Waals surface area contributed by atoms with E-state index in [2.05, 4.69) is 26.8 Å². The summed E-state index contributed by atoms with van der Waals surface area (Å²) in [6.45, 7) is 3.10. The topological polar surface area (TPSA) is 69.7 Å². The van der Waals surface area contributed by atoms with Crippen LogP contribution in [-0.2, 0) is 4.79 Å². The summed E-state index contributed by atoms with van der Waals surface area (Å²) in [5, 5.41) is 0. The van der Waals surface area contributed by atoms with Gasteiger partial charge in [-0.25, -0.2) is 10.9 Å². The number of aromatic nitrogens is 1. The van der Waals surface area contributed by atoms with Crippen LogP contribution in [0.1, 0.15) is 18.0 Å². The van der Waals surface area contributed by atoms with Crippen LogP contribution in [0.25, 0.3) is 0 Å². The van der Waals surface area contributed by atoms with E-state index in [1.54, 1.807) is 13.3 Å². The number of hydrogen-bond acceptors (Lipinski definition) is 6. The lowest BCUT2D eigenvalue weighted by Gasteiger charge is -2.37. The molecule has 0 spiro atoms. The van der Waals surface area contributed by atoms with Crippen molar-refractivity contribution in [3.05, 3.63) is 54.4 Å². The number of nitrogens with one attached hydrogen (secondary N) is 2. The fourth-order valence-electron chi connectivity index (χ4n) is 3.73. The van der Waals surface area contributed by atoms with E-state index in [4.69, 9.17) is 4.74 Å². The summed E-state index contributed by atoms with van der Waals surface area (Å²) in [6.07, 6.45) is 4.34. The molecule has 2 aliphatic rings. The second-order valence-corrected chi connectivity index (χ2v) is 6.93. The van der Waals surface area contributed by atoms with Crippen LogP contribution < -0.4 is 20.5 Å². The van der Waals surface area contributed by atoms with E-state index in [-0.39, 0.29) is 18.0 Å². The number of pyridine rings is 1. The van der Waals surface area contributed by atoms with Gasteiger partial charge in [0.15, 0.2) is 0 Å². The third-order valence-electron chi connectivity index (χ3n) is 5.30. The van der Waals surface area contributed by atoms with Gasteiger partial charge < -0.3 is 14.5 Å². The first-order chi connectivity index (χ1) is 13.2. The average Bonchev–Trinajstić information content (AvgIpc) is 3.24. The lowest BCUT2D eigenvalue weighted by molar-refractivity contribution is -0.133. The van der Waals surface area contributed by atoms with Crippen LogP contribution in [0.2, 0.25) is 0 Å². The average molecular weight is 367 g/mol. The molecule has 2 N–H and O–H groups in total. The van der Waals surface area contributed by atoms with Crippen molar-refractivity contribution >= 4 is 11.6 Å². The first-order valence-corrected chi connectivity index (χ1v) is 9.33. The van der Waals surface area contributed by atoms with Crippen molar-refractivity contribution in [1.29, 1.82) is 0 Å². The summed E-state index contributed by atoms with van der Waals surface area (Å²) in [4.78, 5) is 21.3. The fourth-order valence-corrected chi connectivity index (χ4v) is 3.73. The molecule has 1 amide bonds. The van der Waals surface area contributed by atoms with Crippen molar-refractivity contribution in [2.24, 2.45) is 0 Å². The van der Waals surface area contributed by atoms with Gasteiger partial charge in [0.25, 0.3) is 0 Å². The first kappa shape index (κ1) is 17.8. The number of nitrogens with zero attached hydrogens (tertiary/aromatic N) is 3. The maximum Gasteiger partial charge on any atom is 0.241 e. The Hall–Kier alpha value is -2.64. The van der Waals surface area contributed by atoms with Gasteiger partial charge in [0.2, 0.25) is 5.91 Å². The minimum atomic E-state index is -0.196. The molecule has 2 saturated heterocycles. The number of ether oxygens (including phenoxy) is 1. The van der Waals surface area contributed by atoms with Crippen molar-refractivity contribution in [3.63, 3.8) is 0 Å². The van der Waals surface area contributed by atoms with Gasteiger partial charge in [-0.2, -0.15) is 0 Å². The zero-order valence-corrected chi connectivity index (χ0v) is 15.5. The third kappa shape index (κ3) is 3.89. The van der Waals surface area contributed by atoms with E-state index >= 15 is 0 Å². The van der Waals surface area contributed by atoms with Crippen LogP contribution in [0, 0.1) is 0 Å².